The SMILES string of the molecule is Brc1cc(-c2ccccc2)c2cc(Br)ccc2c1. The number of hydrogen-bond donors (Lipinski definition) is 0. The lowest BCUT2D eigenvalue weighted by molar-refractivity contribution is 1.62. The summed E-state index contributed by atoms with van der Waals surface area (Å²) in [7, 11) is 0. The average Bonchev–Trinajstić information content (AvgIpc) is 2.39. The Morgan fingerprint density at radius 3 is 2.22 bits per heavy atom. The van der Waals surface area contributed by atoms with Crippen LogP contribution in [0, 0.1) is 0 Å². The Labute approximate surface area is 123 Å². The molecule has 3 aromatic rings. The van der Waals surface area contributed by atoms with Crippen LogP contribution in [0.2, 0.25) is 0 Å². The van der Waals surface area contributed by atoms with E-state index in [-0.39, 0.29) is 0 Å². The molecule has 0 amide bonds. The van der Waals surface area contributed by atoms with Gasteiger partial charge in [0.2, 0.25) is 0 Å². The van der Waals surface area contributed by atoms with Gasteiger partial charge in [-0.1, -0.05) is 68.3 Å². The summed E-state index contributed by atoms with van der Waals surface area (Å²) in [5.74, 6) is 0. The Balaban J connectivity index is 2.37. The normalized spacial score (nSPS) is 10.8. The van der Waals surface area contributed by atoms with Crippen LogP contribution in [0.25, 0.3) is 21.9 Å². The molecule has 0 N–H and O–H groups in total. The Kier molecular flexibility index (Phi) is 3.23. The summed E-state index contributed by atoms with van der Waals surface area (Å²) in [6, 6.07) is 21.2. The summed E-state index contributed by atoms with van der Waals surface area (Å²) < 4.78 is 2.21. The van der Waals surface area contributed by atoms with Gasteiger partial charge < -0.3 is 0 Å². The van der Waals surface area contributed by atoms with Gasteiger partial charge in [-0.2, -0.15) is 0 Å². The van der Waals surface area contributed by atoms with Crippen LogP contribution in [0.1, 0.15) is 0 Å². The molecular formula is C16H10Br2. The average molecular weight is 362 g/mol. The van der Waals surface area contributed by atoms with E-state index < -0.39 is 0 Å². The van der Waals surface area contributed by atoms with Gasteiger partial charge in [0.15, 0.2) is 0 Å². The van der Waals surface area contributed by atoms with E-state index in [0.29, 0.717) is 0 Å². The lowest BCUT2D eigenvalue weighted by Gasteiger charge is -2.08. The molecule has 0 aliphatic rings. The highest BCUT2D eigenvalue weighted by Gasteiger charge is 2.05. The maximum Gasteiger partial charge on any atom is 0.0187 e. The Morgan fingerprint density at radius 2 is 1.44 bits per heavy atom. The number of halogens is 2. The molecule has 3 rings (SSSR count). The monoisotopic (exact) mass is 360 g/mol. The topological polar surface area (TPSA) is 0 Å². The van der Waals surface area contributed by atoms with Crippen LogP contribution in [-0.4, -0.2) is 0 Å². The third-order valence-electron chi connectivity index (χ3n) is 2.97. The minimum atomic E-state index is 1.11. The van der Waals surface area contributed by atoms with E-state index in [1.165, 1.54) is 21.9 Å². The molecule has 0 spiro atoms. The van der Waals surface area contributed by atoms with Crippen LogP contribution >= 0.6 is 31.9 Å². The molecule has 0 radical (unpaired) electrons. The van der Waals surface area contributed by atoms with Crippen molar-refractivity contribution in [3.05, 3.63) is 69.6 Å². The zero-order chi connectivity index (χ0) is 12.5. The fourth-order valence-corrected chi connectivity index (χ4v) is 2.99. The van der Waals surface area contributed by atoms with E-state index in [2.05, 4.69) is 86.5 Å². The van der Waals surface area contributed by atoms with Gasteiger partial charge >= 0.3 is 0 Å². The van der Waals surface area contributed by atoms with Crippen molar-refractivity contribution in [2.75, 3.05) is 0 Å². The molecule has 0 nitrogen and oxygen atoms in total. The van der Waals surface area contributed by atoms with Crippen LogP contribution in [-0.2, 0) is 0 Å². The molecule has 0 saturated carbocycles. The first-order valence-corrected chi connectivity index (χ1v) is 7.27. The molecule has 0 aliphatic carbocycles. The first-order chi connectivity index (χ1) is 8.74. The molecule has 0 aliphatic heterocycles. The molecule has 18 heavy (non-hydrogen) atoms. The van der Waals surface area contributed by atoms with Crippen molar-refractivity contribution in [1.29, 1.82) is 0 Å². The van der Waals surface area contributed by atoms with Gasteiger partial charge in [0.05, 0.1) is 0 Å². The number of hydrogen-bond acceptors (Lipinski definition) is 0. The van der Waals surface area contributed by atoms with E-state index in [9.17, 15) is 0 Å². The van der Waals surface area contributed by atoms with E-state index in [0.717, 1.165) is 8.95 Å². The second kappa shape index (κ2) is 4.87. The number of fused-ring (bicyclic) bond motifs is 1. The van der Waals surface area contributed by atoms with Crippen molar-refractivity contribution >= 4 is 42.6 Å². The smallest absolute Gasteiger partial charge is 0.0187 e. The molecule has 0 aromatic heterocycles. The standard InChI is InChI=1S/C16H10Br2/c17-13-7-6-12-8-14(18)10-15(16(12)9-13)11-4-2-1-3-5-11/h1-10H. The van der Waals surface area contributed by atoms with E-state index >= 15 is 0 Å². The molecule has 0 heterocycles. The second-order valence-corrected chi connectivity index (χ2v) is 6.02. The minimum absolute atomic E-state index is 1.11. The van der Waals surface area contributed by atoms with Gasteiger partial charge in [-0.05, 0) is 46.2 Å². The zero-order valence-electron chi connectivity index (χ0n) is 9.53. The zero-order valence-corrected chi connectivity index (χ0v) is 12.7. The molecule has 0 saturated heterocycles. The Morgan fingerprint density at radius 1 is 0.667 bits per heavy atom. The summed E-state index contributed by atoms with van der Waals surface area (Å²) in [5.41, 5.74) is 2.49. The Hall–Kier alpha value is -1.12. The summed E-state index contributed by atoms with van der Waals surface area (Å²) >= 11 is 7.13. The third kappa shape index (κ3) is 2.23. The predicted molar refractivity (Wildman–Crippen MR) is 84.8 cm³/mol. The highest BCUT2D eigenvalue weighted by molar-refractivity contribution is 9.10. The van der Waals surface area contributed by atoms with Gasteiger partial charge in [0.25, 0.3) is 0 Å². The summed E-state index contributed by atoms with van der Waals surface area (Å²) in [5, 5.41) is 2.50. The Bertz CT molecular complexity index is 703. The quantitative estimate of drug-likeness (QED) is 0.496. The first kappa shape index (κ1) is 11.9. The van der Waals surface area contributed by atoms with Gasteiger partial charge in [-0.15, -0.1) is 0 Å². The molecule has 0 bridgehead atoms. The summed E-state index contributed by atoms with van der Waals surface area (Å²) in [6.07, 6.45) is 0. The lowest BCUT2D eigenvalue weighted by atomic mass is 9.98. The van der Waals surface area contributed by atoms with Crippen molar-refractivity contribution in [2.24, 2.45) is 0 Å². The maximum atomic E-state index is 3.59. The fraction of sp³-hybridized carbons (Fsp3) is 0. The summed E-state index contributed by atoms with van der Waals surface area (Å²) in [4.78, 5) is 0. The van der Waals surface area contributed by atoms with Crippen LogP contribution in [0.3, 0.4) is 0 Å². The minimum Gasteiger partial charge on any atom is -0.0622 e. The van der Waals surface area contributed by atoms with Crippen molar-refractivity contribution in [3.63, 3.8) is 0 Å². The van der Waals surface area contributed by atoms with Gasteiger partial charge in [0.1, 0.15) is 0 Å². The van der Waals surface area contributed by atoms with Crippen molar-refractivity contribution in [1.82, 2.24) is 0 Å². The van der Waals surface area contributed by atoms with Gasteiger partial charge in [0, 0.05) is 8.95 Å². The molecule has 0 atom stereocenters. The van der Waals surface area contributed by atoms with E-state index in [1.54, 1.807) is 0 Å². The molecule has 88 valence electrons. The first-order valence-electron chi connectivity index (χ1n) is 5.68. The van der Waals surface area contributed by atoms with E-state index in [1.807, 2.05) is 6.07 Å². The third-order valence-corrected chi connectivity index (χ3v) is 3.92. The highest BCUT2D eigenvalue weighted by Crippen LogP contribution is 2.33. The molecule has 3 aromatic carbocycles. The maximum absolute atomic E-state index is 3.59. The number of rotatable bonds is 1. The van der Waals surface area contributed by atoms with E-state index in [4.69, 9.17) is 0 Å². The van der Waals surface area contributed by atoms with Gasteiger partial charge in [-0.3, -0.25) is 0 Å². The van der Waals surface area contributed by atoms with Crippen LogP contribution in [0.5, 0.6) is 0 Å². The molecule has 2 heteroatoms. The van der Waals surface area contributed by atoms with Crippen molar-refractivity contribution in [2.45, 2.75) is 0 Å². The van der Waals surface area contributed by atoms with Crippen LogP contribution in [0.15, 0.2) is 69.6 Å². The van der Waals surface area contributed by atoms with Crippen LogP contribution in [0.4, 0.5) is 0 Å². The number of benzene rings is 3. The van der Waals surface area contributed by atoms with Crippen molar-refractivity contribution in [3.8, 4) is 11.1 Å². The molecule has 0 fully saturated rings. The van der Waals surface area contributed by atoms with Gasteiger partial charge in [-0.25, -0.2) is 0 Å². The van der Waals surface area contributed by atoms with Crippen molar-refractivity contribution < 1.29 is 0 Å². The largest absolute Gasteiger partial charge is 0.0622 e. The fourth-order valence-electron chi connectivity index (χ4n) is 2.15. The highest BCUT2D eigenvalue weighted by atomic mass is 79.9. The van der Waals surface area contributed by atoms with Crippen LogP contribution < -0.4 is 0 Å². The summed E-state index contributed by atoms with van der Waals surface area (Å²) in [6.45, 7) is 0. The molecule has 0 unspecified atom stereocenters. The molecular weight excluding hydrogens is 352 g/mol. The lowest BCUT2D eigenvalue weighted by Crippen LogP contribution is -1.82. The predicted octanol–water partition coefficient (Wildman–Crippen LogP) is 6.03. The second-order valence-electron chi connectivity index (χ2n) is 4.18.